The lowest BCUT2D eigenvalue weighted by Gasteiger charge is -1.94. The fourth-order valence-corrected chi connectivity index (χ4v) is 1.02. The second-order valence-corrected chi connectivity index (χ2v) is 2.75. The van der Waals surface area contributed by atoms with Crippen LogP contribution in [-0.4, -0.2) is 17.3 Å². The summed E-state index contributed by atoms with van der Waals surface area (Å²) >= 11 is 1.40. The van der Waals surface area contributed by atoms with E-state index in [1.54, 1.807) is 19.1 Å². The zero-order valence-corrected chi connectivity index (χ0v) is 7.68. The average Bonchev–Trinajstić information content (AvgIpc) is 2.06. The third-order valence-corrected chi connectivity index (χ3v) is 1.98. The molecule has 0 aliphatic heterocycles. The van der Waals surface area contributed by atoms with Crippen molar-refractivity contribution in [2.45, 2.75) is 6.92 Å². The summed E-state index contributed by atoms with van der Waals surface area (Å²) in [6.45, 7) is 1.79. The van der Waals surface area contributed by atoms with Gasteiger partial charge in [0.25, 0.3) is 0 Å². The molecule has 0 radical (unpaired) electrons. The van der Waals surface area contributed by atoms with E-state index in [1.807, 2.05) is 6.26 Å². The molecule has 0 heterocycles. The molecule has 0 aromatic carbocycles. The summed E-state index contributed by atoms with van der Waals surface area (Å²) in [4.78, 5) is 11.1. The number of thioether (sulfide) groups is 1. The summed E-state index contributed by atoms with van der Waals surface area (Å²) in [5.41, 5.74) is -0.238. The minimum atomic E-state index is -1.19. The molecular weight excluding hydrogens is 174 g/mol. The van der Waals surface area contributed by atoms with Crippen molar-refractivity contribution < 1.29 is 9.90 Å². The molecule has 64 valence electrons. The van der Waals surface area contributed by atoms with E-state index in [4.69, 9.17) is 10.4 Å². The van der Waals surface area contributed by atoms with Crippen molar-refractivity contribution in [2.75, 3.05) is 6.26 Å². The van der Waals surface area contributed by atoms with E-state index in [0.29, 0.717) is 0 Å². The first-order valence-corrected chi connectivity index (χ1v) is 4.43. The standard InChI is InChI=1S/C8H9NO2S/c1-3-7(12-2)4-6(5-9)8(10)11/h3-4H,1-2H3,(H,10,11)/b6-4+,7-3+. The van der Waals surface area contributed by atoms with Crippen LogP contribution in [0.25, 0.3) is 0 Å². The Morgan fingerprint density at radius 1 is 1.67 bits per heavy atom. The van der Waals surface area contributed by atoms with E-state index in [2.05, 4.69) is 0 Å². The van der Waals surface area contributed by atoms with Crippen LogP contribution in [0, 0.1) is 11.3 Å². The van der Waals surface area contributed by atoms with Gasteiger partial charge in [0.15, 0.2) is 0 Å². The molecule has 1 N–H and O–H groups in total. The summed E-state index contributed by atoms with van der Waals surface area (Å²) in [6.07, 6.45) is 4.93. The van der Waals surface area contributed by atoms with Gasteiger partial charge in [-0.05, 0) is 19.3 Å². The molecule has 0 spiro atoms. The summed E-state index contributed by atoms with van der Waals surface area (Å²) < 4.78 is 0. The van der Waals surface area contributed by atoms with Crippen LogP contribution in [0.3, 0.4) is 0 Å². The van der Waals surface area contributed by atoms with Gasteiger partial charge in [0.2, 0.25) is 0 Å². The first-order chi connectivity index (χ1) is 5.65. The van der Waals surface area contributed by atoms with Crippen molar-refractivity contribution in [3.8, 4) is 6.07 Å². The van der Waals surface area contributed by atoms with Crippen molar-refractivity contribution in [1.82, 2.24) is 0 Å². The predicted octanol–water partition coefficient (Wildman–Crippen LogP) is 1.79. The molecule has 0 aromatic rings. The van der Waals surface area contributed by atoms with Gasteiger partial charge in [-0.25, -0.2) is 4.79 Å². The molecule has 0 atom stereocenters. The number of carboxylic acids is 1. The van der Waals surface area contributed by atoms with Crippen molar-refractivity contribution in [1.29, 1.82) is 5.26 Å². The molecular formula is C8H9NO2S. The lowest BCUT2D eigenvalue weighted by molar-refractivity contribution is -0.132. The van der Waals surface area contributed by atoms with E-state index in [-0.39, 0.29) is 5.57 Å². The zero-order chi connectivity index (χ0) is 9.56. The maximum atomic E-state index is 10.4. The van der Waals surface area contributed by atoms with Gasteiger partial charge in [0, 0.05) is 4.91 Å². The molecule has 12 heavy (non-hydrogen) atoms. The SMILES string of the molecule is C/C=C(\C=C(/C#N)C(=O)O)SC. The number of hydrogen-bond donors (Lipinski definition) is 1. The second kappa shape index (κ2) is 5.44. The van der Waals surface area contributed by atoms with Gasteiger partial charge in [-0.15, -0.1) is 11.8 Å². The molecule has 0 amide bonds. The Balaban J connectivity index is 4.74. The number of nitriles is 1. The minimum Gasteiger partial charge on any atom is -0.477 e. The Morgan fingerprint density at radius 2 is 2.25 bits per heavy atom. The van der Waals surface area contributed by atoms with Gasteiger partial charge in [0.1, 0.15) is 11.6 Å². The first kappa shape index (κ1) is 10.8. The third kappa shape index (κ3) is 3.26. The van der Waals surface area contributed by atoms with E-state index < -0.39 is 5.97 Å². The monoisotopic (exact) mass is 183 g/mol. The van der Waals surface area contributed by atoms with Crippen LogP contribution in [0.5, 0.6) is 0 Å². The second-order valence-electron chi connectivity index (χ2n) is 1.87. The Labute approximate surface area is 75.4 Å². The van der Waals surface area contributed by atoms with Crippen LogP contribution in [0.4, 0.5) is 0 Å². The Bertz CT molecular complexity index is 273. The molecule has 0 bridgehead atoms. The topological polar surface area (TPSA) is 61.1 Å². The highest BCUT2D eigenvalue weighted by atomic mass is 32.2. The number of aliphatic carboxylic acids is 1. The quantitative estimate of drug-likeness (QED) is 0.411. The molecule has 0 fully saturated rings. The Morgan fingerprint density at radius 3 is 2.50 bits per heavy atom. The molecule has 4 heteroatoms. The highest BCUT2D eigenvalue weighted by Gasteiger charge is 2.05. The van der Waals surface area contributed by atoms with E-state index >= 15 is 0 Å². The van der Waals surface area contributed by atoms with Crippen molar-refractivity contribution in [3.63, 3.8) is 0 Å². The molecule has 3 nitrogen and oxygen atoms in total. The molecule has 0 saturated heterocycles. The normalized spacial score (nSPS) is 12.4. The number of rotatable bonds is 3. The van der Waals surface area contributed by atoms with Gasteiger partial charge >= 0.3 is 5.97 Å². The summed E-state index contributed by atoms with van der Waals surface area (Å²) in [6, 6.07) is 1.61. The Hall–Kier alpha value is -1.21. The Kier molecular flexibility index (Phi) is 4.89. The maximum absolute atomic E-state index is 10.4. The molecule has 0 saturated carbocycles. The van der Waals surface area contributed by atoms with Gasteiger partial charge in [0.05, 0.1) is 0 Å². The lowest BCUT2D eigenvalue weighted by Crippen LogP contribution is -1.97. The summed E-state index contributed by atoms with van der Waals surface area (Å²) in [7, 11) is 0. The number of nitrogens with zero attached hydrogens (tertiary/aromatic N) is 1. The smallest absolute Gasteiger partial charge is 0.346 e. The van der Waals surface area contributed by atoms with Crippen LogP contribution >= 0.6 is 11.8 Å². The summed E-state index contributed by atoms with van der Waals surface area (Å²) in [5.74, 6) is -1.19. The van der Waals surface area contributed by atoms with Crippen LogP contribution < -0.4 is 0 Å². The van der Waals surface area contributed by atoms with Crippen molar-refractivity contribution >= 4 is 17.7 Å². The van der Waals surface area contributed by atoms with Crippen molar-refractivity contribution in [2.24, 2.45) is 0 Å². The average molecular weight is 183 g/mol. The minimum absolute atomic E-state index is 0.238. The van der Waals surface area contributed by atoms with E-state index in [0.717, 1.165) is 4.91 Å². The van der Waals surface area contributed by atoms with Crippen LogP contribution in [0.2, 0.25) is 0 Å². The van der Waals surface area contributed by atoms with Crippen LogP contribution in [0.1, 0.15) is 6.92 Å². The van der Waals surface area contributed by atoms with E-state index in [9.17, 15) is 4.79 Å². The van der Waals surface area contributed by atoms with E-state index in [1.165, 1.54) is 17.8 Å². The molecule has 0 unspecified atom stereocenters. The number of carboxylic acid groups (broad SMARTS) is 1. The van der Waals surface area contributed by atoms with Gasteiger partial charge in [-0.2, -0.15) is 5.26 Å². The predicted molar refractivity (Wildman–Crippen MR) is 48.6 cm³/mol. The highest BCUT2D eigenvalue weighted by Crippen LogP contribution is 2.14. The zero-order valence-electron chi connectivity index (χ0n) is 6.87. The molecule has 0 aliphatic carbocycles. The fraction of sp³-hybridized carbons (Fsp3) is 0.250. The molecule has 0 aliphatic rings. The highest BCUT2D eigenvalue weighted by molar-refractivity contribution is 8.02. The maximum Gasteiger partial charge on any atom is 0.346 e. The van der Waals surface area contributed by atoms with Gasteiger partial charge in [-0.1, -0.05) is 6.08 Å². The summed E-state index contributed by atoms with van der Waals surface area (Å²) in [5, 5.41) is 16.9. The van der Waals surface area contributed by atoms with Crippen LogP contribution in [-0.2, 0) is 4.79 Å². The van der Waals surface area contributed by atoms with Gasteiger partial charge < -0.3 is 5.11 Å². The fourth-order valence-electron chi connectivity index (χ4n) is 0.544. The lowest BCUT2D eigenvalue weighted by atomic mass is 10.2. The third-order valence-electron chi connectivity index (χ3n) is 1.16. The van der Waals surface area contributed by atoms with Crippen LogP contribution in [0.15, 0.2) is 22.6 Å². The first-order valence-electron chi connectivity index (χ1n) is 3.21. The largest absolute Gasteiger partial charge is 0.477 e. The molecule has 0 rings (SSSR count). The van der Waals surface area contributed by atoms with Crippen molar-refractivity contribution in [3.05, 3.63) is 22.6 Å². The molecule has 0 aromatic heterocycles. The van der Waals surface area contributed by atoms with Gasteiger partial charge in [-0.3, -0.25) is 0 Å². The number of hydrogen-bond acceptors (Lipinski definition) is 3. The number of carbonyl (C=O) groups is 1. The number of allylic oxidation sites excluding steroid dienone is 2.